The largest absolute Gasteiger partial charge is 0.487 e. The molecule has 3 fully saturated rings. The fraction of sp³-hybridized carbons (Fsp3) is 0.435. The molecule has 2 saturated heterocycles. The number of likely N-dealkylation sites (tertiary alicyclic amines) is 2. The van der Waals surface area contributed by atoms with Crippen molar-refractivity contribution in [3.05, 3.63) is 54.4 Å². The summed E-state index contributed by atoms with van der Waals surface area (Å²) in [5.74, 6) is 1.37. The standard InChI is InChI=1S/C23H26N4O3/c1-23(8-9-23)21(28)26-14-20(15-26)30-19-6-4-18(5-7-19)25-22(29)27-12-17(13-27)16-3-2-10-24-11-16/h2-7,10-11,17,20H,8-9,12-15H2,1H3,(H,25,29). The molecule has 1 aliphatic carbocycles. The van der Waals surface area contributed by atoms with Crippen molar-refractivity contribution < 1.29 is 14.3 Å². The molecule has 156 valence electrons. The quantitative estimate of drug-likeness (QED) is 0.828. The van der Waals surface area contributed by atoms with E-state index in [2.05, 4.69) is 16.4 Å². The molecule has 2 aliphatic heterocycles. The van der Waals surface area contributed by atoms with E-state index in [9.17, 15) is 9.59 Å². The molecule has 1 saturated carbocycles. The van der Waals surface area contributed by atoms with Gasteiger partial charge in [0.1, 0.15) is 11.9 Å². The van der Waals surface area contributed by atoms with Crippen LogP contribution in [0, 0.1) is 5.41 Å². The van der Waals surface area contributed by atoms with Crippen LogP contribution in [0.3, 0.4) is 0 Å². The minimum Gasteiger partial charge on any atom is -0.487 e. The number of pyridine rings is 1. The summed E-state index contributed by atoms with van der Waals surface area (Å²) in [6, 6.07) is 11.3. The number of aromatic nitrogens is 1. The SMILES string of the molecule is CC1(C(=O)N2CC(Oc3ccc(NC(=O)N4CC(c5cccnc5)C4)cc3)C2)CC1. The van der Waals surface area contributed by atoms with Gasteiger partial charge in [-0.15, -0.1) is 0 Å². The smallest absolute Gasteiger partial charge is 0.321 e. The van der Waals surface area contributed by atoms with Gasteiger partial charge in [-0.1, -0.05) is 13.0 Å². The van der Waals surface area contributed by atoms with Gasteiger partial charge in [0.2, 0.25) is 5.91 Å². The summed E-state index contributed by atoms with van der Waals surface area (Å²) in [4.78, 5) is 32.5. The van der Waals surface area contributed by atoms with Crippen LogP contribution in [-0.2, 0) is 4.79 Å². The molecule has 0 spiro atoms. The number of carbonyl (C=O) groups excluding carboxylic acids is 2. The van der Waals surface area contributed by atoms with E-state index in [1.54, 1.807) is 11.1 Å². The van der Waals surface area contributed by atoms with Crippen molar-refractivity contribution in [3.8, 4) is 5.75 Å². The number of rotatable bonds is 5. The van der Waals surface area contributed by atoms with E-state index >= 15 is 0 Å². The first-order chi connectivity index (χ1) is 14.5. The van der Waals surface area contributed by atoms with E-state index in [0.717, 1.165) is 24.3 Å². The summed E-state index contributed by atoms with van der Waals surface area (Å²) in [5, 5.41) is 2.93. The zero-order valence-electron chi connectivity index (χ0n) is 17.1. The van der Waals surface area contributed by atoms with Crippen LogP contribution >= 0.6 is 0 Å². The fourth-order valence-electron chi connectivity index (χ4n) is 3.95. The lowest BCUT2D eigenvalue weighted by Crippen LogP contribution is -2.57. The second-order valence-electron chi connectivity index (χ2n) is 8.85. The molecule has 0 bridgehead atoms. The van der Waals surface area contributed by atoms with Crippen LogP contribution in [0.4, 0.5) is 10.5 Å². The molecule has 7 heteroatoms. The Morgan fingerprint density at radius 3 is 2.43 bits per heavy atom. The van der Waals surface area contributed by atoms with E-state index in [1.165, 1.54) is 5.56 Å². The Bertz CT molecular complexity index is 931. The molecule has 1 N–H and O–H groups in total. The Kier molecular flexibility index (Phi) is 4.60. The third kappa shape index (κ3) is 3.72. The molecule has 0 radical (unpaired) electrons. The highest BCUT2D eigenvalue weighted by atomic mass is 16.5. The van der Waals surface area contributed by atoms with Gasteiger partial charge in [0, 0.05) is 42.5 Å². The molecule has 30 heavy (non-hydrogen) atoms. The van der Waals surface area contributed by atoms with Crippen LogP contribution in [0.2, 0.25) is 0 Å². The van der Waals surface area contributed by atoms with Crippen molar-refractivity contribution in [1.82, 2.24) is 14.8 Å². The van der Waals surface area contributed by atoms with Gasteiger partial charge in [-0.25, -0.2) is 4.79 Å². The molecular formula is C23H26N4O3. The molecule has 5 rings (SSSR count). The second kappa shape index (κ2) is 7.31. The number of hydrogen-bond donors (Lipinski definition) is 1. The molecule has 0 unspecified atom stereocenters. The number of ether oxygens (including phenoxy) is 1. The molecule has 1 aromatic heterocycles. The van der Waals surface area contributed by atoms with E-state index in [-0.39, 0.29) is 23.5 Å². The zero-order chi connectivity index (χ0) is 20.7. The third-order valence-corrected chi connectivity index (χ3v) is 6.38. The second-order valence-corrected chi connectivity index (χ2v) is 8.85. The lowest BCUT2D eigenvalue weighted by atomic mass is 9.93. The van der Waals surface area contributed by atoms with Crippen molar-refractivity contribution >= 4 is 17.6 Å². The average molecular weight is 406 g/mol. The van der Waals surface area contributed by atoms with Crippen molar-refractivity contribution in [3.63, 3.8) is 0 Å². The third-order valence-electron chi connectivity index (χ3n) is 6.38. The van der Waals surface area contributed by atoms with Crippen LogP contribution in [0.5, 0.6) is 5.75 Å². The van der Waals surface area contributed by atoms with Gasteiger partial charge in [0.15, 0.2) is 0 Å². The highest BCUT2D eigenvalue weighted by Crippen LogP contribution is 2.47. The number of urea groups is 1. The Hall–Kier alpha value is -3.09. The van der Waals surface area contributed by atoms with Crippen LogP contribution < -0.4 is 10.1 Å². The van der Waals surface area contributed by atoms with E-state index in [0.29, 0.717) is 32.1 Å². The van der Waals surface area contributed by atoms with Gasteiger partial charge in [0.25, 0.3) is 0 Å². The monoisotopic (exact) mass is 406 g/mol. The highest BCUT2D eigenvalue weighted by Gasteiger charge is 2.49. The summed E-state index contributed by atoms with van der Waals surface area (Å²) < 4.78 is 5.94. The molecule has 3 amide bonds. The lowest BCUT2D eigenvalue weighted by Gasteiger charge is -2.40. The number of amides is 3. The minimum atomic E-state index is -0.112. The van der Waals surface area contributed by atoms with Crippen LogP contribution in [0.1, 0.15) is 31.2 Å². The Balaban J connectivity index is 1.06. The van der Waals surface area contributed by atoms with Gasteiger partial charge >= 0.3 is 6.03 Å². The number of anilines is 1. The number of nitrogens with zero attached hydrogens (tertiary/aromatic N) is 3. The molecule has 2 aromatic rings. The lowest BCUT2D eigenvalue weighted by molar-refractivity contribution is -0.145. The van der Waals surface area contributed by atoms with Crippen molar-refractivity contribution in [2.75, 3.05) is 31.5 Å². The predicted molar refractivity (Wildman–Crippen MR) is 112 cm³/mol. The predicted octanol–water partition coefficient (Wildman–Crippen LogP) is 3.10. The van der Waals surface area contributed by atoms with E-state index in [4.69, 9.17) is 4.74 Å². The first kappa shape index (κ1) is 18.9. The number of carbonyl (C=O) groups is 2. The van der Waals surface area contributed by atoms with Gasteiger partial charge in [-0.05, 0) is 48.7 Å². The van der Waals surface area contributed by atoms with Gasteiger partial charge in [0.05, 0.1) is 13.1 Å². The number of hydrogen-bond acceptors (Lipinski definition) is 4. The maximum Gasteiger partial charge on any atom is 0.321 e. The van der Waals surface area contributed by atoms with Crippen molar-refractivity contribution in [2.24, 2.45) is 5.41 Å². The van der Waals surface area contributed by atoms with Crippen LogP contribution in [-0.4, -0.2) is 59.0 Å². The van der Waals surface area contributed by atoms with E-state index < -0.39 is 0 Å². The molecule has 0 atom stereocenters. The first-order valence-electron chi connectivity index (χ1n) is 10.5. The normalized spacial score (nSPS) is 20.2. The highest BCUT2D eigenvalue weighted by molar-refractivity contribution is 5.90. The summed E-state index contributed by atoms with van der Waals surface area (Å²) in [6.45, 7) is 4.75. The summed E-state index contributed by atoms with van der Waals surface area (Å²) in [6.07, 6.45) is 5.67. The minimum absolute atomic E-state index is 0.0437. The zero-order valence-corrected chi connectivity index (χ0v) is 17.1. The Labute approximate surface area is 176 Å². The average Bonchev–Trinajstić information content (AvgIpc) is 3.44. The summed E-state index contributed by atoms with van der Waals surface area (Å²) in [5.41, 5.74) is 1.80. The van der Waals surface area contributed by atoms with Crippen molar-refractivity contribution in [1.29, 1.82) is 0 Å². The van der Waals surface area contributed by atoms with Gasteiger partial charge < -0.3 is 19.9 Å². The maximum atomic E-state index is 12.4. The molecule has 1 aromatic carbocycles. The Morgan fingerprint density at radius 2 is 1.80 bits per heavy atom. The number of nitrogens with one attached hydrogen (secondary N) is 1. The van der Waals surface area contributed by atoms with Gasteiger partial charge in [-0.2, -0.15) is 0 Å². The van der Waals surface area contributed by atoms with Gasteiger partial charge in [-0.3, -0.25) is 9.78 Å². The number of benzene rings is 1. The maximum absolute atomic E-state index is 12.4. The van der Waals surface area contributed by atoms with E-state index in [1.807, 2.05) is 48.4 Å². The molecule has 3 heterocycles. The van der Waals surface area contributed by atoms with Crippen LogP contribution in [0.25, 0.3) is 0 Å². The fourth-order valence-corrected chi connectivity index (χ4v) is 3.95. The topological polar surface area (TPSA) is 74.8 Å². The molecular weight excluding hydrogens is 380 g/mol. The Morgan fingerprint density at radius 1 is 1.07 bits per heavy atom. The van der Waals surface area contributed by atoms with Crippen molar-refractivity contribution in [2.45, 2.75) is 31.8 Å². The summed E-state index contributed by atoms with van der Waals surface area (Å²) >= 11 is 0. The summed E-state index contributed by atoms with van der Waals surface area (Å²) in [7, 11) is 0. The first-order valence-corrected chi connectivity index (χ1v) is 10.5. The molecule has 3 aliphatic rings. The van der Waals surface area contributed by atoms with Crippen LogP contribution in [0.15, 0.2) is 48.8 Å². The molecule has 7 nitrogen and oxygen atoms in total.